The lowest BCUT2D eigenvalue weighted by Crippen LogP contribution is -2.35. The van der Waals surface area contributed by atoms with Crippen molar-refractivity contribution >= 4 is 34.2 Å². The molecule has 2 heterocycles. The average molecular weight is 559 g/mol. The van der Waals surface area contributed by atoms with Crippen molar-refractivity contribution in [3.8, 4) is 17.3 Å². The van der Waals surface area contributed by atoms with Crippen LogP contribution in [0.15, 0.2) is 60.8 Å². The van der Waals surface area contributed by atoms with Gasteiger partial charge in [-0.15, -0.1) is 0 Å². The van der Waals surface area contributed by atoms with Crippen LogP contribution in [0.3, 0.4) is 0 Å². The van der Waals surface area contributed by atoms with Gasteiger partial charge in [0.05, 0.1) is 18.3 Å². The van der Waals surface area contributed by atoms with Crippen LogP contribution in [0.1, 0.15) is 24.4 Å². The van der Waals surface area contributed by atoms with Gasteiger partial charge in [0.2, 0.25) is 5.95 Å². The van der Waals surface area contributed by atoms with E-state index in [1.165, 1.54) is 12.1 Å². The molecule has 3 aromatic rings. The Morgan fingerprint density at radius 2 is 1.79 bits per heavy atom. The van der Waals surface area contributed by atoms with Crippen molar-refractivity contribution in [3.63, 3.8) is 0 Å². The normalized spacial score (nSPS) is 15.0. The molecule has 0 saturated carbocycles. The molecule has 0 aliphatic carbocycles. The van der Waals surface area contributed by atoms with Crippen LogP contribution < -0.4 is 15.5 Å². The third-order valence-corrected chi connectivity index (χ3v) is 7.15. The van der Waals surface area contributed by atoms with Crippen molar-refractivity contribution < 1.29 is 22.4 Å². The van der Waals surface area contributed by atoms with Crippen LogP contribution in [0.4, 0.5) is 34.9 Å². The summed E-state index contributed by atoms with van der Waals surface area (Å²) < 4.78 is 52.6. The summed E-state index contributed by atoms with van der Waals surface area (Å²) in [5.74, 6) is 0.229. The van der Waals surface area contributed by atoms with Gasteiger partial charge in [-0.1, -0.05) is 36.0 Å². The van der Waals surface area contributed by atoms with Crippen LogP contribution in [0.25, 0.3) is 11.3 Å². The van der Waals surface area contributed by atoms with E-state index in [1.54, 1.807) is 30.5 Å². The number of aromatic nitrogens is 2. The molecule has 1 fully saturated rings. The first-order valence-corrected chi connectivity index (χ1v) is 13.2. The van der Waals surface area contributed by atoms with Gasteiger partial charge in [0.1, 0.15) is 12.0 Å². The zero-order valence-corrected chi connectivity index (χ0v) is 21.6. The molecule has 0 radical (unpaired) electrons. The fourth-order valence-electron chi connectivity index (χ4n) is 4.43. The Labute approximate surface area is 227 Å². The highest BCUT2D eigenvalue weighted by Gasteiger charge is 2.40. The zero-order valence-electron chi connectivity index (χ0n) is 20.8. The second-order valence-corrected chi connectivity index (χ2v) is 9.82. The molecular formula is C27H26F4N6OS. The first-order chi connectivity index (χ1) is 18.8. The number of benzene rings is 2. The number of nitrogens with zero attached hydrogens (tertiary/aromatic N) is 4. The summed E-state index contributed by atoms with van der Waals surface area (Å²) in [7, 11) is 0. The van der Waals surface area contributed by atoms with Gasteiger partial charge in [-0.05, 0) is 48.7 Å². The molecule has 4 rings (SSSR count). The smallest absolute Gasteiger partial charge is 0.371 e. The number of carbonyl (C=O) groups excluding carboxylic acids is 1. The maximum Gasteiger partial charge on any atom is 0.407 e. The van der Waals surface area contributed by atoms with E-state index in [4.69, 9.17) is 5.26 Å². The number of rotatable bonds is 9. The third-order valence-electron chi connectivity index (χ3n) is 6.42. The topological polar surface area (TPSA) is 93.9 Å². The lowest BCUT2D eigenvalue weighted by Gasteiger charge is -2.32. The van der Waals surface area contributed by atoms with Crippen LogP contribution in [-0.4, -0.2) is 46.9 Å². The molecule has 1 saturated heterocycles. The first kappa shape index (κ1) is 28.3. The Kier molecular flexibility index (Phi) is 9.37. The lowest BCUT2D eigenvalue weighted by atomic mass is 9.98. The number of hydrogen-bond donors (Lipinski definition) is 2. The van der Waals surface area contributed by atoms with Crippen LogP contribution in [0.5, 0.6) is 0 Å². The fraction of sp³-hybridized carbons (Fsp3) is 0.333. The summed E-state index contributed by atoms with van der Waals surface area (Å²) >= 11 is 0.745. The van der Waals surface area contributed by atoms with Crippen molar-refractivity contribution in [1.29, 1.82) is 5.26 Å². The lowest BCUT2D eigenvalue weighted by molar-refractivity contribution is -0.157. The number of alkyl halides is 4. The Hall–Kier alpha value is -3.69. The van der Waals surface area contributed by atoms with Crippen molar-refractivity contribution in [2.24, 2.45) is 5.92 Å². The molecule has 2 aromatic carbocycles. The highest BCUT2D eigenvalue weighted by molar-refractivity contribution is 8.13. The van der Waals surface area contributed by atoms with Gasteiger partial charge in [-0.3, -0.25) is 10.1 Å². The minimum absolute atomic E-state index is 0.00321. The van der Waals surface area contributed by atoms with Crippen molar-refractivity contribution in [3.05, 3.63) is 66.4 Å². The van der Waals surface area contributed by atoms with Crippen LogP contribution in [0, 0.1) is 17.2 Å². The molecule has 1 aromatic heterocycles. The molecular weight excluding hydrogens is 532 g/mol. The van der Waals surface area contributed by atoms with Crippen LogP contribution in [0.2, 0.25) is 0 Å². The molecule has 39 heavy (non-hydrogen) atoms. The summed E-state index contributed by atoms with van der Waals surface area (Å²) in [6, 6.07) is 14.2. The Bertz CT molecular complexity index is 1290. The molecule has 1 aliphatic rings. The summed E-state index contributed by atoms with van der Waals surface area (Å²) in [5, 5.41) is 13.9. The Morgan fingerprint density at radius 3 is 2.41 bits per heavy atom. The van der Waals surface area contributed by atoms with Crippen molar-refractivity contribution in [2.75, 3.05) is 35.9 Å². The summed E-state index contributed by atoms with van der Waals surface area (Å²) in [6.45, 7) is 1.02. The number of nitrogens with one attached hydrogen (secondary N) is 2. The van der Waals surface area contributed by atoms with Crippen molar-refractivity contribution in [2.45, 2.75) is 25.1 Å². The predicted octanol–water partition coefficient (Wildman–Crippen LogP) is 6.01. The quantitative estimate of drug-likeness (QED) is 0.244. The van der Waals surface area contributed by atoms with E-state index in [9.17, 15) is 22.4 Å². The molecule has 0 amide bonds. The van der Waals surface area contributed by atoms with E-state index in [2.05, 4.69) is 25.5 Å². The largest absolute Gasteiger partial charge is 0.407 e. The zero-order chi connectivity index (χ0) is 27.8. The summed E-state index contributed by atoms with van der Waals surface area (Å²) in [5.41, 5.74) is 2.93. The molecule has 1 unspecified atom stereocenters. The number of piperidine rings is 1. The maximum atomic E-state index is 13.4. The van der Waals surface area contributed by atoms with Crippen molar-refractivity contribution in [1.82, 2.24) is 15.3 Å². The number of anilines is 3. The second-order valence-electron chi connectivity index (χ2n) is 8.91. The van der Waals surface area contributed by atoms with E-state index in [0.717, 1.165) is 36.2 Å². The molecule has 1 aliphatic heterocycles. The standard InChI is InChI=1S/C27H26F4N6OS/c28-17-39-25(38)20-10-15-37(16-11-20)22-7-5-21(6-8-22)35-26-34-13-9-23(36-26)18-1-3-19(4-2-18)24(27(29,30)31)33-14-12-32/h1-9,13,20,24,33H,10-11,14-17H2,(H,34,35,36). The molecule has 2 N–H and O–H groups in total. The molecule has 7 nitrogen and oxygen atoms in total. The van der Waals surface area contributed by atoms with E-state index >= 15 is 0 Å². The van der Waals surface area contributed by atoms with Gasteiger partial charge in [0.15, 0.2) is 5.12 Å². The number of halogens is 4. The highest BCUT2D eigenvalue weighted by Crippen LogP contribution is 2.33. The van der Waals surface area contributed by atoms with Crippen LogP contribution >= 0.6 is 11.8 Å². The van der Waals surface area contributed by atoms with E-state index in [-0.39, 0.29) is 16.6 Å². The second kappa shape index (κ2) is 12.9. The van der Waals surface area contributed by atoms with Crippen LogP contribution in [-0.2, 0) is 4.79 Å². The third kappa shape index (κ3) is 7.46. The van der Waals surface area contributed by atoms with E-state index in [1.807, 2.05) is 24.3 Å². The Morgan fingerprint density at radius 1 is 1.10 bits per heavy atom. The highest BCUT2D eigenvalue weighted by atomic mass is 32.2. The molecule has 0 spiro atoms. The SMILES string of the molecule is N#CCNC(c1ccc(-c2ccnc(Nc3ccc(N4CCC(C(=O)SCF)CC4)cc3)n2)cc1)C(F)(F)F. The predicted molar refractivity (Wildman–Crippen MR) is 143 cm³/mol. The maximum absolute atomic E-state index is 13.4. The Balaban J connectivity index is 1.39. The summed E-state index contributed by atoms with van der Waals surface area (Å²) in [6.07, 6.45) is -1.58. The fourth-order valence-corrected chi connectivity index (χ4v) is 5.00. The van der Waals surface area contributed by atoms with Gasteiger partial charge in [0.25, 0.3) is 0 Å². The van der Waals surface area contributed by atoms with Gasteiger partial charge in [0, 0.05) is 42.1 Å². The number of thioether (sulfide) groups is 1. The van der Waals surface area contributed by atoms with Gasteiger partial charge in [-0.25, -0.2) is 14.4 Å². The van der Waals surface area contributed by atoms with Gasteiger partial charge >= 0.3 is 6.18 Å². The minimum Gasteiger partial charge on any atom is -0.371 e. The minimum atomic E-state index is -4.54. The van der Waals surface area contributed by atoms with E-state index < -0.39 is 24.8 Å². The molecule has 12 heteroatoms. The van der Waals surface area contributed by atoms with Gasteiger partial charge < -0.3 is 10.2 Å². The number of hydrogen-bond acceptors (Lipinski definition) is 8. The van der Waals surface area contributed by atoms with Gasteiger partial charge in [-0.2, -0.15) is 18.4 Å². The summed E-state index contributed by atoms with van der Waals surface area (Å²) in [4.78, 5) is 22.8. The average Bonchev–Trinajstić information content (AvgIpc) is 2.94. The molecule has 1 atom stereocenters. The first-order valence-electron chi connectivity index (χ1n) is 12.2. The monoisotopic (exact) mass is 558 g/mol. The number of nitriles is 1. The van der Waals surface area contributed by atoms with E-state index in [0.29, 0.717) is 30.0 Å². The molecule has 0 bridgehead atoms. The number of carbonyl (C=O) groups is 1. The molecule has 204 valence electrons.